The maximum absolute atomic E-state index is 13.5. The molecule has 1 aliphatic heterocycles. The summed E-state index contributed by atoms with van der Waals surface area (Å²) in [5, 5.41) is 0. The van der Waals surface area contributed by atoms with Gasteiger partial charge in [0.15, 0.2) is 0 Å². The van der Waals surface area contributed by atoms with E-state index in [0.717, 1.165) is 51.3 Å². The Morgan fingerprint density at radius 1 is 0.688 bits per heavy atom. The summed E-state index contributed by atoms with van der Waals surface area (Å²) in [6, 6.07) is 16.2. The first-order valence-corrected chi connectivity index (χ1v) is 12.5. The molecule has 0 radical (unpaired) electrons. The van der Waals surface area contributed by atoms with Gasteiger partial charge >= 0.3 is 0 Å². The number of carbonyl (C=O) groups is 2. The van der Waals surface area contributed by atoms with Crippen LogP contribution in [0, 0.1) is 13.8 Å². The van der Waals surface area contributed by atoms with Crippen LogP contribution in [0.5, 0.6) is 0 Å². The van der Waals surface area contributed by atoms with Crippen molar-refractivity contribution in [3.8, 4) is 20.9 Å². The number of nitrogens with zero attached hydrogens (tertiary/aromatic N) is 1. The van der Waals surface area contributed by atoms with E-state index in [9.17, 15) is 9.59 Å². The molecule has 2 amide bonds. The van der Waals surface area contributed by atoms with Crippen LogP contribution in [-0.4, -0.2) is 23.3 Å². The lowest BCUT2D eigenvalue weighted by Gasteiger charge is -2.15. The molecule has 0 bridgehead atoms. The van der Waals surface area contributed by atoms with Crippen LogP contribution in [0.2, 0.25) is 0 Å². The van der Waals surface area contributed by atoms with Gasteiger partial charge < -0.3 is 0 Å². The maximum Gasteiger partial charge on any atom is 0.263 e. The van der Waals surface area contributed by atoms with Crippen molar-refractivity contribution in [1.29, 1.82) is 0 Å². The fraction of sp³-hybridized carbons (Fsp3) is 0.357. The van der Waals surface area contributed by atoms with Crippen molar-refractivity contribution in [2.24, 2.45) is 0 Å². The summed E-state index contributed by atoms with van der Waals surface area (Å²) in [4.78, 5) is 30.4. The Hall–Kier alpha value is -2.72. The predicted molar refractivity (Wildman–Crippen MR) is 133 cm³/mol. The molecule has 0 spiro atoms. The van der Waals surface area contributed by atoms with Crippen LogP contribution >= 0.6 is 11.3 Å². The van der Waals surface area contributed by atoms with E-state index in [-0.39, 0.29) is 11.8 Å². The van der Waals surface area contributed by atoms with Gasteiger partial charge in [0.2, 0.25) is 0 Å². The number of unbranched alkanes of at least 4 members (excludes halogenated alkanes) is 5. The van der Waals surface area contributed by atoms with E-state index in [4.69, 9.17) is 0 Å². The third-order valence-electron chi connectivity index (χ3n) is 6.34. The van der Waals surface area contributed by atoms with Crippen LogP contribution in [-0.2, 0) is 0 Å². The minimum absolute atomic E-state index is 0.132. The van der Waals surface area contributed by atoms with Crippen LogP contribution in [0.25, 0.3) is 20.9 Å². The highest BCUT2D eigenvalue weighted by Crippen LogP contribution is 2.47. The standard InChI is InChI=1S/C28H31NO2S/c1-4-5-6-7-8-13-18-29-27(30)23-24(28(29)31)26(22-17-12-10-15-20(22)3)32-25(23)21-16-11-9-14-19(21)2/h9-12,14-17H,4-8,13,18H2,1-3H3. The first-order chi connectivity index (χ1) is 15.5. The van der Waals surface area contributed by atoms with Crippen LogP contribution in [0.1, 0.15) is 77.3 Å². The number of imide groups is 1. The van der Waals surface area contributed by atoms with Gasteiger partial charge in [0.1, 0.15) is 0 Å². The van der Waals surface area contributed by atoms with Gasteiger partial charge in [-0.1, -0.05) is 87.6 Å². The van der Waals surface area contributed by atoms with Gasteiger partial charge in [-0.15, -0.1) is 11.3 Å². The summed E-state index contributed by atoms with van der Waals surface area (Å²) >= 11 is 1.58. The van der Waals surface area contributed by atoms with Crippen molar-refractivity contribution >= 4 is 23.2 Å². The first-order valence-electron chi connectivity index (χ1n) is 11.7. The van der Waals surface area contributed by atoms with Gasteiger partial charge in [-0.25, -0.2) is 0 Å². The smallest absolute Gasteiger partial charge is 0.263 e. The van der Waals surface area contributed by atoms with E-state index in [1.807, 2.05) is 24.3 Å². The molecule has 4 rings (SSSR count). The highest BCUT2D eigenvalue weighted by atomic mass is 32.1. The van der Waals surface area contributed by atoms with E-state index >= 15 is 0 Å². The van der Waals surface area contributed by atoms with Gasteiger partial charge in [0.25, 0.3) is 11.8 Å². The normalized spacial score (nSPS) is 13.2. The molecule has 0 saturated heterocycles. The molecule has 0 unspecified atom stereocenters. The molecule has 32 heavy (non-hydrogen) atoms. The average molecular weight is 446 g/mol. The van der Waals surface area contributed by atoms with Gasteiger partial charge in [-0.2, -0.15) is 0 Å². The minimum atomic E-state index is -0.132. The second-order valence-electron chi connectivity index (χ2n) is 8.67. The van der Waals surface area contributed by atoms with Crippen molar-refractivity contribution in [3.63, 3.8) is 0 Å². The number of aryl methyl sites for hydroxylation is 2. The Balaban J connectivity index is 1.72. The number of rotatable bonds is 9. The van der Waals surface area contributed by atoms with E-state index in [0.29, 0.717) is 17.7 Å². The fourth-order valence-corrected chi connectivity index (χ4v) is 5.95. The highest BCUT2D eigenvalue weighted by molar-refractivity contribution is 7.20. The second kappa shape index (κ2) is 9.83. The molecule has 1 aromatic heterocycles. The molecule has 4 heteroatoms. The van der Waals surface area contributed by atoms with Gasteiger partial charge in [0.05, 0.1) is 11.1 Å². The number of fused-ring (bicyclic) bond motifs is 1. The lowest BCUT2D eigenvalue weighted by atomic mass is 9.99. The third-order valence-corrected chi connectivity index (χ3v) is 7.60. The fourth-order valence-electron chi connectivity index (χ4n) is 4.49. The van der Waals surface area contributed by atoms with Crippen LogP contribution < -0.4 is 0 Å². The number of hydrogen-bond acceptors (Lipinski definition) is 3. The molecule has 0 N–H and O–H groups in total. The van der Waals surface area contributed by atoms with E-state index < -0.39 is 0 Å². The van der Waals surface area contributed by atoms with Gasteiger partial charge in [0, 0.05) is 16.3 Å². The van der Waals surface area contributed by atoms with Gasteiger partial charge in [-0.3, -0.25) is 14.5 Å². The molecule has 0 atom stereocenters. The molecule has 166 valence electrons. The van der Waals surface area contributed by atoms with Crippen molar-refractivity contribution in [2.75, 3.05) is 6.54 Å². The Labute approximate surface area is 195 Å². The highest BCUT2D eigenvalue weighted by Gasteiger charge is 2.42. The number of benzene rings is 2. The zero-order chi connectivity index (χ0) is 22.7. The Morgan fingerprint density at radius 2 is 1.16 bits per heavy atom. The number of hydrogen-bond donors (Lipinski definition) is 0. The molecule has 0 saturated carbocycles. The third kappa shape index (κ3) is 4.16. The topological polar surface area (TPSA) is 37.4 Å². The molecule has 3 aromatic rings. The van der Waals surface area contributed by atoms with Crippen molar-refractivity contribution in [3.05, 3.63) is 70.8 Å². The van der Waals surface area contributed by atoms with Crippen molar-refractivity contribution < 1.29 is 9.59 Å². The van der Waals surface area contributed by atoms with Gasteiger partial charge in [-0.05, 0) is 42.5 Å². The quantitative estimate of drug-likeness (QED) is 0.250. The summed E-state index contributed by atoms with van der Waals surface area (Å²) in [5.41, 5.74) is 5.49. The van der Waals surface area contributed by atoms with E-state index in [2.05, 4.69) is 45.0 Å². The van der Waals surface area contributed by atoms with Crippen LogP contribution in [0.3, 0.4) is 0 Å². The monoisotopic (exact) mass is 445 g/mol. The summed E-state index contributed by atoms with van der Waals surface area (Å²) in [6.07, 6.45) is 6.77. The van der Waals surface area contributed by atoms with Crippen molar-refractivity contribution in [1.82, 2.24) is 4.90 Å². The molecule has 0 fully saturated rings. The Kier molecular flexibility index (Phi) is 6.90. The van der Waals surface area contributed by atoms with E-state index in [1.54, 1.807) is 11.3 Å². The minimum Gasteiger partial charge on any atom is -0.274 e. The predicted octanol–water partition coefficient (Wildman–Crippen LogP) is 7.66. The molecular weight excluding hydrogens is 414 g/mol. The molecular formula is C28H31NO2S. The molecule has 3 nitrogen and oxygen atoms in total. The number of thiophene rings is 1. The van der Waals surface area contributed by atoms with E-state index in [1.165, 1.54) is 24.2 Å². The Morgan fingerprint density at radius 3 is 1.66 bits per heavy atom. The maximum atomic E-state index is 13.5. The average Bonchev–Trinajstić information content (AvgIpc) is 3.29. The lowest BCUT2D eigenvalue weighted by Crippen LogP contribution is -2.31. The molecule has 2 heterocycles. The second-order valence-corrected chi connectivity index (χ2v) is 9.69. The summed E-state index contributed by atoms with van der Waals surface area (Å²) in [6.45, 7) is 6.83. The summed E-state index contributed by atoms with van der Waals surface area (Å²) in [7, 11) is 0. The summed E-state index contributed by atoms with van der Waals surface area (Å²) < 4.78 is 0. The summed E-state index contributed by atoms with van der Waals surface area (Å²) in [5.74, 6) is -0.263. The first kappa shape index (κ1) is 22.5. The molecule has 0 aliphatic carbocycles. The zero-order valence-corrected chi connectivity index (χ0v) is 20.1. The number of carbonyl (C=O) groups excluding carboxylic acids is 2. The molecule has 2 aromatic carbocycles. The molecule has 1 aliphatic rings. The Bertz CT molecular complexity index is 1060. The van der Waals surface area contributed by atoms with Crippen molar-refractivity contribution in [2.45, 2.75) is 59.3 Å². The zero-order valence-electron chi connectivity index (χ0n) is 19.2. The largest absolute Gasteiger partial charge is 0.274 e. The van der Waals surface area contributed by atoms with Crippen LogP contribution in [0.15, 0.2) is 48.5 Å². The number of amides is 2. The van der Waals surface area contributed by atoms with Crippen LogP contribution in [0.4, 0.5) is 0 Å². The SMILES string of the molecule is CCCCCCCCN1C(=O)c2c(-c3ccccc3C)sc(-c3ccccc3C)c2C1=O. The lowest BCUT2D eigenvalue weighted by molar-refractivity contribution is 0.0652.